The zero-order valence-electron chi connectivity index (χ0n) is 14.7. The van der Waals surface area contributed by atoms with E-state index in [1.165, 1.54) is 6.07 Å². The van der Waals surface area contributed by atoms with Crippen molar-refractivity contribution in [2.24, 2.45) is 13.0 Å². The number of aryl methyl sites for hydroxylation is 1. The summed E-state index contributed by atoms with van der Waals surface area (Å²) in [6.45, 7) is 0.751. The van der Waals surface area contributed by atoms with Gasteiger partial charge >= 0.3 is 0 Å². The number of ether oxygens (including phenoxy) is 1. The van der Waals surface area contributed by atoms with E-state index >= 15 is 0 Å². The van der Waals surface area contributed by atoms with Crippen LogP contribution in [0.5, 0.6) is 0 Å². The summed E-state index contributed by atoms with van der Waals surface area (Å²) in [4.78, 5) is 27.3. The van der Waals surface area contributed by atoms with Crippen LogP contribution in [-0.4, -0.2) is 54.3 Å². The van der Waals surface area contributed by atoms with Crippen molar-refractivity contribution in [2.75, 3.05) is 20.7 Å². The number of carbonyl (C=O) groups is 1. The molecule has 2 aromatic rings. The van der Waals surface area contributed by atoms with Gasteiger partial charge in [-0.2, -0.15) is 0 Å². The van der Waals surface area contributed by atoms with Gasteiger partial charge in [0, 0.05) is 31.0 Å². The Morgan fingerprint density at radius 2 is 2.08 bits per heavy atom. The Morgan fingerprint density at radius 1 is 1.32 bits per heavy atom. The number of rotatable bonds is 3. The predicted octanol–water partition coefficient (Wildman–Crippen LogP) is 0.986. The highest BCUT2D eigenvalue weighted by Crippen LogP contribution is 2.41. The number of hydrogen-bond acceptors (Lipinski definition) is 4. The first-order valence-corrected chi connectivity index (χ1v) is 8.66. The molecule has 1 aromatic heterocycles. The van der Waals surface area contributed by atoms with Crippen molar-refractivity contribution in [1.82, 2.24) is 14.8 Å². The maximum absolute atomic E-state index is 13.0. The average Bonchev–Trinajstić information content (AvgIpc) is 2.99. The quantitative estimate of drug-likeness (QED) is 0.904. The third-order valence-electron chi connectivity index (χ3n) is 5.64. The summed E-state index contributed by atoms with van der Waals surface area (Å²) in [7, 11) is 5.74. The molecular formula is C19H23N3O3. The number of para-hydroxylation sites is 1. The lowest BCUT2D eigenvalue weighted by atomic mass is 9.71. The van der Waals surface area contributed by atoms with Crippen LogP contribution in [0.4, 0.5) is 0 Å². The summed E-state index contributed by atoms with van der Waals surface area (Å²) in [5.74, 6) is 0.172. The zero-order valence-corrected chi connectivity index (χ0v) is 14.7. The zero-order chi connectivity index (χ0) is 17.7. The molecule has 0 unspecified atom stereocenters. The Kier molecular flexibility index (Phi) is 3.89. The minimum Gasteiger partial charge on any atom is -0.376 e. The van der Waals surface area contributed by atoms with Crippen LogP contribution in [-0.2, 0) is 11.8 Å². The SMILES string of the molecule is CN(C)[C@@H]1[C@@H](NC(=O)c2cc(=O)n(C)c3ccccc23)[C@H]2CCO[C@H]21. The molecule has 0 radical (unpaired) electrons. The van der Waals surface area contributed by atoms with Gasteiger partial charge in [0.1, 0.15) is 0 Å². The van der Waals surface area contributed by atoms with Crippen LogP contribution in [0.3, 0.4) is 0 Å². The van der Waals surface area contributed by atoms with E-state index in [1.54, 1.807) is 11.6 Å². The normalized spacial score (nSPS) is 28.0. The molecule has 1 aliphatic heterocycles. The molecule has 0 spiro atoms. The lowest BCUT2D eigenvalue weighted by molar-refractivity contribution is -0.0664. The van der Waals surface area contributed by atoms with Crippen molar-refractivity contribution in [3.63, 3.8) is 0 Å². The maximum atomic E-state index is 13.0. The number of nitrogens with one attached hydrogen (secondary N) is 1. The van der Waals surface area contributed by atoms with E-state index in [-0.39, 0.29) is 29.7 Å². The third-order valence-corrected chi connectivity index (χ3v) is 5.64. The largest absolute Gasteiger partial charge is 0.376 e. The van der Waals surface area contributed by atoms with Gasteiger partial charge in [-0.15, -0.1) is 0 Å². The van der Waals surface area contributed by atoms with Gasteiger partial charge in [0.25, 0.3) is 11.5 Å². The van der Waals surface area contributed by atoms with Crippen molar-refractivity contribution in [3.8, 4) is 0 Å². The number of nitrogens with zero attached hydrogens (tertiary/aromatic N) is 2. The maximum Gasteiger partial charge on any atom is 0.252 e. The molecule has 0 bridgehead atoms. The van der Waals surface area contributed by atoms with Crippen molar-refractivity contribution in [2.45, 2.75) is 24.6 Å². The van der Waals surface area contributed by atoms with E-state index in [2.05, 4.69) is 10.2 Å². The van der Waals surface area contributed by atoms with Crippen molar-refractivity contribution in [1.29, 1.82) is 0 Å². The first kappa shape index (κ1) is 16.3. The molecule has 2 heterocycles. The Morgan fingerprint density at radius 3 is 2.84 bits per heavy atom. The van der Waals surface area contributed by atoms with Crippen LogP contribution in [0.25, 0.3) is 10.9 Å². The number of benzene rings is 1. The fourth-order valence-electron chi connectivity index (χ4n) is 4.31. The highest BCUT2D eigenvalue weighted by Gasteiger charge is 2.55. The highest BCUT2D eigenvalue weighted by molar-refractivity contribution is 6.06. The van der Waals surface area contributed by atoms with Gasteiger partial charge in [0.2, 0.25) is 0 Å². The van der Waals surface area contributed by atoms with Crippen LogP contribution >= 0.6 is 0 Å². The first-order valence-electron chi connectivity index (χ1n) is 8.66. The second kappa shape index (κ2) is 5.97. The lowest BCUT2D eigenvalue weighted by Crippen LogP contribution is -2.69. The Bertz CT molecular complexity index is 889. The topological polar surface area (TPSA) is 63.6 Å². The van der Waals surface area contributed by atoms with Crippen LogP contribution in [0.2, 0.25) is 0 Å². The fourth-order valence-corrected chi connectivity index (χ4v) is 4.31. The predicted molar refractivity (Wildman–Crippen MR) is 95.8 cm³/mol. The molecule has 1 saturated heterocycles. The molecule has 25 heavy (non-hydrogen) atoms. The van der Waals surface area contributed by atoms with Crippen LogP contribution in [0.1, 0.15) is 16.8 Å². The number of aromatic nitrogens is 1. The molecule has 6 nitrogen and oxygen atoms in total. The minimum absolute atomic E-state index is 0.0535. The molecule has 6 heteroatoms. The van der Waals surface area contributed by atoms with E-state index in [0.29, 0.717) is 11.5 Å². The van der Waals surface area contributed by atoms with Gasteiger partial charge in [-0.05, 0) is 26.6 Å². The van der Waals surface area contributed by atoms with Crippen LogP contribution < -0.4 is 10.9 Å². The van der Waals surface area contributed by atoms with Gasteiger partial charge in [-0.1, -0.05) is 18.2 Å². The summed E-state index contributed by atoms with van der Waals surface area (Å²) in [6.07, 6.45) is 1.16. The van der Waals surface area contributed by atoms with Crippen LogP contribution in [0, 0.1) is 5.92 Å². The van der Waals surface area contributed by atoms with Gasteiger partial charge < -0.3 is 19.5 Å². The second-order valence-corrected chi connectivity index (χ2v) is 7.21. The molecular weight excluding hydrogens is 318 g/mol. The number of carbonyl (C=O) groups excluding carboxylic acids is 1. The van der Waals surface area contributed by atoms with E-state index in [1.807, 2.05) is 38.4 Å². The smallest absolute Gasteiger partial charge is 0.252 e. The van der Waals surface area contributed by atoms with Crippen molar-refractivity contribution in [3.05, 3.63) is 46.2 Å². The average molecular weight is 341 g/mol. The van der Waals surface area contributed by atoms with E-state index in [9.17, 15) is 9.59 Å². The molecule has 1 N–H and O–H groups in total. The molecule has 2 aliphatic rings. The molecule has 1 saturated carbocycles. The molecule has 1 aromatic carbocycles. The summed E-state index contributed by atoms with van der Waals surface area (Å²) >= 11 is 0. The summed E-state index contributed by atoms with van der Waals surface area (Å²) in [6, 6.07) is 9.17. The monoisotopic (exact) mass is 341 g/mol. The molecule has 132 valence electrons. The van der Waals surface area contributed by atoms with Gasteiger partial charge in [-0.25, -0.2) is 0 Å². The lowest BCUT2D eigenvalue weighted by Gasteiger charge is -2.50. The van der Waals surface area contributed by atoms with Gasteiger partial charge in [0.15, 0.2) is 0 Å². The Hall–Kier alpha value is -2.18. The molecule has 4 atom stereocenters. The second-order valence-electron chi connectivity index (χ2n) is 7.21. The molecule has 2 fully saturated rings. The summed E-state index contributed by atoms with van der Waals surface area (Å²) in [5.41, 5.74) is 1.03. The minimum atomic E-state index is -0.184. The number of likely N-dealkylation sites (N-methyl/N-ethyl adjacent to an activating group) is 1. The Balaban J connectivity index is 1.67. The highest BCUT2D eigenvalue weighted by atomic mass is 16.5. The summed E-state index contributed by atoms with van der Waals surface area (Å²) in [5, 5.41) is 3.96. The number of pyridine rings is 1. The van der Waals surface area contributed by atoms with Crippen molar-refractivity contribution >= 4 is 16.8 Å². The molecule has 1 aliphatic carbocycles. The van der Waals surface area contributed by atoms with E-state index in [0.717, 1.165) is 23.9 Å². The third kappa shape index (κ3) is 2.48. The van der Waals surface area contributed by atoms with E-state index < -0.39 is 0 Å². The number of fused-ring (bicyclic) bond motifs is 2. The number of hydrogen-bond donors (Lipinski definition) is 1. The van der Waals surface area contributed by atoms with E-state index in [4.69, 9.17) is 4.74 Å². The van der Waals surface area contributed by atoms with Gasteiger partial charge in [-0.3, -0.25) is 9.59 Å². The first-order chi connectivity index (χ1) is 12.0. The van der Waals surface area contributed by atoms with Crippen LogP contribution in [0.15, 0.2) is 35.1 Å². The number of amides is 1. The molecule has 4 rings (SSSR count). The fraction of sp³-hybridized carbons (Fsp3) is 0.474. The Labute approximate surface area is 146 Å². The molecule has 1 amide bonds. The van der Waals surface area contributed by atoms with Crippen molar-refractivity contribution < 1.29 is 9.53 Å². The van der Waals surface area contributed by atoms with Gasteiger partial charge in [0.05, 0.1) is 29.3 Å². The standard InChI is InChI=1S/C19H23N3O3/c1-21(2)17-16(12-8-9-25-18(12)17)20-19(24)13-10-15(23)22(3)14-7-5-4-6-11(13)14/h4-7,10,12,16-18H,8-9H2,1-3H3,(H,20,24)/t12-,16+,17-,18-/m1/s1. The summed E-state index contributed by atoms with van der Waals surface area (Å²) < 4.78 is 7.37.